The number of ether oxygens (including phenoxy) is 3. The Morgan fingerprint density at radius 3 is 2.16 bits per heavy atom. The Hall–Kier alpha value is -2.95. The van der Waals surface area contributed by atoms with Gasteiger partial charge in [-0.15, -0.1) is 0 Å². The summed E-state index contributed by atoms with van der Waals surface area (Å²) >= 11 is 6.27. The van der Waals surface area contributed by atoms with Crippen LogP contribution in [0.15, 0.2) is 12.3 Å². The van der Waals surface area contributed by atoms with Gasteiger partial charge >= 0.3 is 19.5 Å². The second-order valence-electron chi connectivity index (χ2n) is 14.4. The number of halogens is 3. The SMILES string of the molecule is CC(C)(C)C(=O)OCOP(=O)(CS(=O)(=O)C[C@H]1O[C@@H](n2ccc3c(NC4CC(F)(F)C4)c(C#N)c(Cl)nc32)[C@H](O)[C@@H]1O)OCOC(=O)C(C)(C)C. The number of aliphatic hydroxyl groups excluding tert-OH is 2. The first-order chi connectivity index (χ1) is 23.4. The van der Waals surface area contributed by atoms with Gasteiger partial charge in [-0.2, -0.15) is 5.26 Å². The number of alkyl halides is 2. The first kappa shape index (κ1) is 40.8. The number of nitrogens with one attached hydrogen (secondary N) is 1. The average molecular weight is 785 g/mol. The molecule has 2 fully saturated rings. The molecule has 1 saturated heterocycles. The van der Waals surface area contributed by atoms with Crippen LogP contribution in [0, 0.1) is 22.2 Å². The molecule has 0 spiro atoms. The van der Waals surface area contributed by atoms with Crippen LogP contribution in [0.4, 0.5) is 14.5 Å². The van der Waals surface area contributed by atoms with Gasteiger partial charge in [-0.3, -0.25) is 23.2 Å². The quantitative estimate of drug-likeness (QED) is 0.113. The lowest BCUT2D eigenvalue weighted by Gasteiger charge is -2.36. The number of hydrogen-bond donors (Lipinski definition) is 3. The number of aromatic nitrogens is 2. The predicted molar refractivity (Wildman–Crippen MR) is 176 cm³/mol. The van der Waals surface area contributed by atoms with Crippen LogP contribution in [-0.2, 0) is 47.2 Å². The minimum Gasteiger partial charge on any atom is -0.438 e. The molecule has 1 aliphatic heterocycles. The van der Waals surface area contributed by atoms with Crippen molar-refractivity contribution in [1.82, 2.24) is 9.55 Å². The van der Waals surface area contributed by atoms with Gasteiger partial charge in [-0.25, -0.2) is 22.2 Å². The van der Waals surface area contributed by atoms with Crippen molar-refractivity contribution in [3.63, 3.8) is 0 Å². The van der Waals surface area contributed by atoms with Crippen molar-refractivity contribution < 1.29 is 64.8 Å². The second-order valence-corrected chi connectivity index (χ2v) is 19.3. The molecule has 1 aliphatic carbocycles. The summed E-state index contributed by atoms with van der Waals surface area (Å²) < 4.78 is 94.5. The Balaban J connectivity index is 1.52. The van der Waals surface area contributed by atoms with E-state index in [1.807, 2.05) is 6.07 Å². The van der Waals surface area contributed by atoms with Crippen molar-refractivity contribution in [2.45, 2.75) is 90.9 Å². The van der Waals surface area contributed by atoms with Crippen LogP contribution in [0.3, 0.4) is 0 Å². The zero-order valence-corrected chi connectivity index (χ0v) is 31.1. The Bertz CT molecular complexity index is 1810. The fourth-order valence-corrected chi connectivity index (χ4v) is 9.51. The van der Waals surface area contributed by atoms with Gasteiger partial charge in [0.05, 0.1) is 22.3 Å². The third-order valence-electron chi connectivity index (χ3n) is 7.86. The predicted octanol–water partition coefficient (Wildman–Crippen LogP) is 4.08. The number of nitrogens with zero attached hydrogens (tertiary/aromatic N) is 3. The lowest BCUT2D eigenvalue weighted by Crippen LogP contribution is -2.44. The molecule has 3 N–H and O–H groups in total. The van der Waals surface area contributed by atoms with Gasteiger partial charge in [0.2, 0.25) is 13.6 Å². The molecule has 2 aromatic rings. The molecule has 0 radical (unpaired) electrons. The molecular formula is C30H40ClF2N4O12PS. The van der Waals surface area contributed by atoms with Crippen LogP contribution < -0.4 is 5.32 Å². The van der Waals surface area contributed by atoms with Gasteiger partial charge in [-0.05, 0) is 47.6 Å². The summed E-state index contributed by atoms with van der Waals surface area (Å²) in [5.41, 5.74) is -3.25. The molecule has 16 nitrogen and oxygen atoms in total. The Morgan fingerprint density at radius 1 is 1.12 bits per heavy atom. The summed E-state index contributed by atoms with van der Waals surface area (Å²) in [4.78, 5) is 28.5. The van der Waals surface area contributed by atoms with Crippen LogP contribution in [0.25, 0.3) is 11.0 Å². The number of carbonyl (C=O) groups is 2. The number of fused-ring (bicyclic) bond motifs is 1. The summed E-state index contributed by atoms with van der Waals surface area (Å²) in [6, 6.07) is 2.68. The summed E-state index contributed by atoms with van der Waals surface area (Å²) in [6.45, 7) is 7.29. The second kappa shape index (κ2) is 14.8. The Morgan fingerprint density at radius 2 is 1.67 bits per heavy atom. The molecule has 0 unspecified atom stereocenters. The van der Waals surface area contributed by atoms with E-state index in [4.69, 9.17) is 34.9 Å². The minimum absolute atomic E-state index is 0.0215. The summed E-state index contributed by atoms with van der Waals surface area (Å²) in [5, 5.41) is 34.3. The van der Waals surface area contributed by atoms with Gasteiger partial charge in [0.1, 0.15) is 35.6 Å². The smallest absolute Gasteiger partial charge is 0.351 e. The van der Waals surface area contributed by atoms with E-state index >= 15 is 0 Å². The van der Waals surface area contributed by atoms with Crippen LogP contribution in [0.2, 0.25) is 5.15 Å². The Kier molecular flexibility index (Phi) is 11.9. The van der Waals surface area contributed by atoms with E-state index in [0.29, 0.717) is 0 Å². The van der Waals surface area contributed by atoms with Crippen molar-refractivity contribution in [2.75, 3.05) is 30.1 Å². The van der Waals surface area contributed by atoms with Crippen LogP contribution in [-0.4, -0.2) is 95.2 Å². The van der Waals surface area contributed by atoms with Crippen LogP contribution in [0.1, 0.15) is 66.2 Å². The number of nitriles is 1. The number of hydrogen-bond acceptors (Lipinski definition) is 15. The summed E-state index contributed by atoms with van der Waals surface area (Å²) in [5.74, 6) is -5.40. The van der Waals surface area contributed by atoms with Gasteiger partial charge in [0, 0.05) is 30.5 Å². The molecule has 3 heterocycles. The fourth-order valence-electron chi connectivity index (χ4n) is 5.07. The molecule has 0 amide bonds. The molecule has 0 bridgehead atoms. The van der Waals surface area contributed by atoms with Crippen molar-refractivity contribution in [2.24, 2.45) is 10.8 Å². The maximum absolute atomic E-state index is 13.6. The first-order valence-corrected chi connectivity index (χ1v) is 19.5. The summed E-state index contributed by atoms with van der Waals surface area (Å²) in [6.07, 6.45) is -6.20. The van der Waals surface area contributed by atoms with E-state index in [-0.39, 0.29) is 27.4 Å². The lowest BCUT2D eigenvalue weighted by atomic mass is 9.88. The van der Waals surface area contributed by atoms with Gasteiger partial charge < -0.3 is 34.3 Å². The highest BCUT2D eigenvalue weighted by Crippen LogP contribution is 2.50. The molecule has 2 aliphatic rings. The molecule has 0 aromatic carbocycles. The highest BCUT2D eigenvalue weighted by atomic mass is 35.5. The van der Waals surface area contributed by atoms with Crippen molar-refractivity contribution in [1.29, 1.82) is 5.26 Å². The molecule has 2 aromatic heterocycles. The molecule has 4 rings (SSSR count). The number of esters is 2. The van der Waals surface area contributed by atoms with Gasteiger partial charge in [0.15, 0.2) is 26.7 Å². The van der Waals surface area contributed by atoms with E-state index < -0.39 is 114 Å². The van der Waals surface area contributed by atoms with E-state index in [0.717, 1.165) is 0 Å². The van der Waals surface area contributed by atoms with Crippen molar-refractivity contribution in [3.8, 4) is 6.07 Å². The number of sulfone groups is 1. The molecule has 284 valence electrons. The lowest BCUT2D eigenvalue weighted by molar-refractivity contribution is -0.161. The van der Waals surface area contributed by atoms with Crippen LogP contribution >= 0.6 is 19.2 Å². The van der Waals surface area contributed by atoms with E-state index in [9.17, 15) is 46.8 Å². The third-order valence-corrected chi connectivity index (χ3v) is 12.8. The fraction of sp³-hybridized carbons (Fsp3) is 0.667. The molecular weight excluding hydrogens is 745 g/mol. The number of rotatable bonds is 13. The largest absolute Gasteiger partial charge is 0.438 e. The molecule has 1 saturated carbocycles. The molecule has 4 atom stereocenters. The zero-order chi connectivity index (χ0) is 38.3. The average Bonchev–Trinajstić information content (AvgIpc) is 3.50. The van der Waals surface area contributed by atoms with Crippen LogP contribution in [0.5, 0.6) is 0 Å². The zero-order valence-electron chi connectivity index (χ0n) is 28.6. The third kappa shape index (κ3) is 9.73. The first-order valence-electron chi connectivity index (χ1n) is 15.6. The van der Waals surface area contributed by atoms with E-state index in [2.05, 4.69) is 10.3 Å². The highest BCUT2D eigenvalue weighted by molar-refractivity contribution is 7.97. The maximum atomic E-state index is 13.6. The normalized spacial score (nSPS) is 22.7. The molecule has 21 heteroatoms. The number of carbonyl (C=O) groups excluding carboxylic acids is 2. The number of pyridine rings is 1. The van der Waals surface area contributed by atoms with Crippen molar-refractivity contribution >= 4 is 57.7 Å². The minimum atomic E-state index is -4.73. The van der Waals surface area contributed by atoms with Gasteiger partial charge in [-0.1, -0.05) is 11.6 Å². The number of anilines is 1. The van der Waals surface area contributed by atoms with E-state index in [1.165, 1.54) is 58.4 Å². The maximum Gasteiger partial charge on any atom is 0.351 e. The highest BCUT2D eigenvalue weighted by Gasteiger charge is 2.48. The topological polar surface area (TPSA) is 226 Å². The van der Waals surface area contributed by atoms with Crippen molar-refractivity contribution in [3.05, 3.63) is 23.0 Å². The van der Waals surface area contributed by atoms with E-state index in [1.54, 1.807) is 0 Å². The summed E-state index contributed by atoms with van der Waals surface area (Å²) in [7, 11) is -9.29. The molecule has 51 heavy (non-hydrogen) atoms. The Labute approximate surface area is 297 Å². The standard InChI is InChI=1S/C30H40ClF2N4O12PS/c1-28(2,3)26(40)45-13-47-50(42,48-14-46-27(41)29(4,5)6)15-51(43,44)12-19-21(38)22(39)25(49-19)37-8-7-17-20(35-16-9-30(32,33)10-16)18(11-34)23(31)36-24(17)37/h7-8,16,19,21-22,25,38-39H,9-10,12-15H2,1-6H3,(H,35,36)/t19-,21-,22-,25-/m1/s1. The monoisotopic (exact) mass is 784 g/mol. The number of aliphatic hydroxyl groups is 2. The van der Waals surface area contributed by atoms with Gasteiger partial charge in [0.25, 0.3) is 5.92 Å².